The third-order valence-corrected chi connectivity index (χ3v) is 5.30. The number of nitrogens with one attached hydrogen (secondary N) is 1. The zero-order chi connectivity index (χ0) is 24.1. The van der Waals surface area contributed by atoms with Gasteiger partial charge in [-0.05, 0) is 29.8 Å². The number of aromatic nitrogens is 4. The summed E-state index contributed by atoms with van der Waals surface area (Å²) in [5.74, 6) is -0.544. The second kappa shape index (κ2) is 9.97. The van der Waals surface area contributed by atoms with Gasteiger partial charge < -0.3 is 14.6 Å². The normalized spacial score (nSPS) is 10.8. The molecule has 2 aromatic heterocycles. The Hall–Kier alpha value is -4.49. The van der Waals surface area contributed by atoms with Gasteiger partial charge in [0.05, 0.1) is 31.1 Å². The number of nitriles is 1. The average Bonchev–Trinajstić information content (AvgIpc) is 3.28. The van der Waals surface area contributed by atoms with Gasteiger partial charge in [0.15, 0.2) is 11.2 Å². The van der Waals surface area contributed by atoms with Crippen LogP contribution in [-0.4, -0.2) is 38.3 Å². The maximum absolute atomic E-state index is 13.3. The van der Waals surface area contributed by atoms with E-state index in [2.05, 4.69) is 10.3 Å². The molecule has 4 aromatic rings. The standard InChI is InChI=1S/C24H22N6O4/c1-34-12-11-28-16-26-22-21(28)23(32)30(24(33)29(22)14-18-5-3-2-4-6-18)15-20(31)27-19-9-7-17(13-25)8-10-19/h2-10,16H,11-12,14-15H2,1H3,(H,27,31). The Morgan fingerprint density at radius 1 is 1.09 bits per heavy atom. The van der Waals surface area contributed by atoms with Gasteiger partial charge in [-0.25, -0.2) is 14.3 Å². The SMILES string of the molecule is COCCn1cnc2c1c(=O)n(CC(=O)Nc1ccc(C#N)cc1)c(=O)n2Cc1ccccc1. The van der Waals surface area contributed by atoms with E-state index in [0.717, 1.165) is 10.1 Å². The molecule has 2 heterocycles. The first-order valence-electron chi connectivity index (χ1n) is 10.5. The van der Waals surface area contributed by atoms with E-state index in [1.54, 1.807) is 35.9 Å². The minimum absolute atomic E-state index is 0.189. The third kappa shape index (κ3) is 4.65. The lowest BCUT2D eigenvalue weighted by molar-refractivity contribution is -0.116. The van der Waals surface area contributed by atoms with Crippen molar-refractivity contribution in [2.24, 2.45) is 0 Å². The summed E-state index contributed by atoms with van der Waals surface area (Å²) in [5, 5.41) is 11.6. The number of anilines is 1. The minimum atomic E-state index is -0.631. The molecule has 172 valence electrons. The van der Waals surface area contributed by atoms with Crippen LogP contribution in [-0.2, 0) is 29.2 Å². The number of rotatable bonds is 8. The van der Waals surface area contributed by atoms with Crippen LogP contribution in [0.25, 0.3) is 11.2 Å². The van der Waals surface area contributed by atoms with Gasteiger partial charge in [-0.2, -0.15) is 5.26 Å². The number of imidazole rings is 1. The van der Waals surface area contributed by atoms with E-state index < -0.39 is 23.7 Å². The van der Waals surface area contributed by atoms with Gasteiger partial charge in [-0.1, -0.05) is 30.3 Å². The van der Waals surface area contributed by atoms with Crippen molar-refractivity contribution < 1.29 is 9.53 Å². The van der Waals surface area contributed by atoms with Crippen molar-refractivity contribution in [1.82, 2.24) is 18.7 Å². The molecule has 0 aliphatic rings. The highest BCUT2D eigenvalue weighted by Gasteiger charge is 2.20. The first-order valence-corrected chi connectivity index (χ1v) is 10.5. The monoisotopic (exact) mass is 458 g/mol. The molecule has 0 saturated heterocycles. The summed E-state index contributed by atoms with van der Waals surface area (Å²) in [6.07, 6.45) is 1.49. The Balaban J connectivity index is 1.75. The van der Waals surface area contributed by atoms with Crippen LogP contribution in [0.1, 0.15) is 11.1 Å². The molecule has 0 atom stereocenters. The highest BCUT2D eigenvalue weighted by atomic mass is 16.5. The summed E-state index contributed by atoms with van der Waals surface area (Å²) >= 11 is 0. The third-order valence-electron chi connectivity index (χ3n) is 5.30. The summed E-state index contributed by atoms with van der Waals surface area (Å²) in [7, 11) is 1.55. The highest BCUT2D eigenvalue weighted by Crippen LogP contribution is 2.11. The van der Waals surface area contributed by atoms with E-state index in [9.17, 15) is 14.4 Å². The number of hydrogen-bond donors (Lipinski definition) is 1. The molecule has 0 spiro atoms. The van der Waals surface area contributed by atoms with Gasteiger partial charge in [-0.15, -0.1) is 0 Å². The van der Waals surface area contributed by atoms with Crippen LogP contribution in [0.15, 0.2) is 70.5 Å². The summed E-state index contributed by atoms with van der Waals surface area (Å²) < 4.78 is 9.05. The van der Waals surface area contributed by atoms with Crippen LogP contribution in [0.2, 0.25) is 0 Å². The molecule has 34 heavy (non-hydrogen) atoms. The number of amides is 1. The summed E-state index contributed by atoms with van der Waals surface area (Å²) in [5.41, 5.74) is 0.990. The predicted octanol–water partition coefficient (Wildman–Crippen LogP) is 1.56. The van der Waals surface area contributed by atoms with E-state index in [1.807, 2.05) is 36.4 Å². The van der Waals surface area contributed by atoms with E-state index >= 15 is 0 Å². The second-order valence-electron chi connectivity index (χ2n) is 7.59. The molecule has 2 aromatic carbocycles. The molecule has 10 nitrogen and oxygen atoms in total. The Morgan fingerprint density at radius 3 is 2.50 bits per heavy atom. The fourth-order valence-corrected chi connectivity index (χ4v) is 3.62. The Kier molecular flexibility index (Phi) is 6.66. The van der Waals surface area contributed by atoms with Crippen LogP contribution in [0.3, 0.4) is 0 Å². The summed E-state index contributed by atoms with van der Waals surface area (Å²) in [6.45, 7) is 0.429. The van der Waals surface area contributed by atoms with E-state index in [-0.39, 0.29) is 17.7 Å². The van der Waals surface area contributed by atoms with Crippen LogP contribution in [0, 0.1) is 11.3 Å². The van der Waals surface area contributed by atoms with Crippen molar-refractivity contribution in [2.75, 3.05) is 19.0 Å². The predicted molar refractivity (Wildman–Crippen MR) is 125 cm³/mol. The molecule has 0 unspecified atom stereocenters. The van der Waals surface area contributed by atoms with Crippen molar-refractivity contribution in [1.29, 1.82) is 5.26 Å². The second-order valence-corrected chi connectivity index (χ2v) is 7.59. The minimum Gasteiger partial charge on any atom is -0.383 e. The molecule has 10 heteroatoms. The molecule has 0 bridgehead atoms. The number of hydrogen-bond acceptors (Lipinski definition) is 6. The lowest BCUT2D eigenvalue weighted by atomic mass is 10.2. The maximum atomic E-state index is 13.3. The van der Waals surface area contributed by atoms with Gasteiger partial charge in [-0.3, -0.25) is 14.2 Å². The molecule has 0 aliphatic carbocycles. The quantitative estimate of drug-likeness (QED) is 0.427. The number of fused-ring (bicyclic) bond motifs is 1. The van der Waals surface area contributed by atoms with Gasteiger partial charge in [0.2, 0.25) is 5.91 Å². The van der Waals surface area contributed by atoms with Crippen LogP contribution >= 0.6 is 0 Å². The number of benzene rings is 2. The van der Waals surface area contributed by atoms with Gasteiger partial charge in [0, 0.05) is 19.3 Å². The lowest BCUT2D eigenvalue weighted by Gasteiger charge is -2.13. The van der Waals surface area contributed by atoms with Crippen molar-refractivity contribution in [3.8, 4) is 6.07 Å². The van der Waals surface area contributed by atoms with Gasteiger partial charge >= 0.3 is 5.69 Å². The van der Waals surface area contributed by atoms with Gasteiger partial charge in [0.1, 0.15) is 6.54 Å². The Bertz CT molecular complexity index is 1480. The number of nitrogens with zero attached hydrogens (tertiary/aromatic N) is 5. The summed E-state index contributed by atoms with van der Waals surface area (Å²) in [6, 6.07) is 17.6. The van der Waals surface area contributed by atoms with E-state index in [0.29, 0.717) is 24.4 Å². The zero-order valence-corrected chi connectivity index (χ0v) is 18.5. The largest absolute Gasteiger partial charge is 0.383 e. The number of carbonyl (C=O) groups excluding carboxylic acids is 1. The van der Waals surface area contributed by atoms with E-state index in [1.165, 1.54) is 10.9 Å². The molecular weight excluding hydrogens is 436 g/mol. The van der Waals surface area contributed by atoms with Crippen LogP contribution < -0.4 is 16.6 Å². The van der Waals surface area contributed by atoms with Crippen LogP contribution in [0.5, 0.6) is 0 Å². The first kappa shape index (κ1) is 22.7. The maximum Gasteiger partial charge on any atom is 0.333 e. The van der Waals surface area contributed by atoms with Crippen molar-refractivity contribution in [2.45, 2.75) is 19.6 Å². The number of ether oxygens (including phenoxy) is 1. The Morgan fingerprint density at radius 2 is 1.82 bits per heavy atom. The smallest absolute Gasteiger partial charge is 0.333 e. The molecule has 0 aliphatic heterocycles. The molecule has 1 N–H and O–H groups in total. The highest BCUT2D eigenvalue weighted by molar-refractivity contribution is 5.90. The molecule has 4 rings (SSSR count). The lowest BCUT2D eigenvalue weighted by Crippen LogP contribution is -2.43. The van der Waals surface area contributed by atoms with E-state index in [4.69, 9.17) is 10.00 Å². The number of carbonyl (C=O) groups is 1. The fourth-order valence-electron chi connectivity index (χ4n) is 3.62. The zero-order valence-electron chi connectivity index (χ0n) is 18.5. The number of methoxy groups -OCH3 is 1. The molecule has 0 radical (unpaired) electrons. The molecule has 0 fully saturated rings. The fraction of sp³-hybridized carbons (Fsp3) is 0.208. The van der Waals surface area contributed by atoms with Crippen molar-refractivity contribution >= 4 is 22.8 Å². The molecule has 1 amide bonds. The molecular formula is C24H22N6O4. The topological polar surface area (TPSA) is 124 Å². The van der Waals surface area contributed by atoms with Crippen molar-refractivity contribution in [3.05, 3.63) is 92.9 Å². The van der Waals surface area contributed by atoms with Crippen molar-refractivity contribution in [3.63, 3.8) is 0 Å². The average molecular weight is 458 g/mol. The molecule has 0 saturated carbocycles. The summed E-state index contributed by atoms with van der Waals surface area (Å²) in [4.78, 5) is 43.7. The first-order chi connectivity index (χ1) is 16.5. The Labute approximate surface area is 194 Å². The van der Waals surface area contributed by atoms with Gasteiger partial charge in [0.25, 0.3) is 5.56 Å². The van der Waals surface area contributed by atoms with Crippen LogP contribution in [0.4, 0.5) is 5.69 Å².